The molecule has 0 saturated heterocycles. The zero-order chi connectivity index (χ0) is 10.7. The van der Waals surface area contributed by atoms with Crippen molar-refractivity contribution < 1.29 is 10.2 Å². The largest absolute Gasteiger partial charge is 0.508 e. The van der Waals surface area contributed by atoms with Gasteiger partial charge in [-0.05, 0) is 40.1 Å². The van der Waals surface area contributed by atoms with Crippen LogP contribution in [0.5, 0.6) is 11.5 Å². The van der Waals surface area contributed by atoms with Gasteiger partial charge < -0.3 is 10.2 Å². The van der Waals surface area contributed by atoms with Gasteiger partial charge in [-0.15, -0.1) is 0 Å². The summed E-state index contributed by atoms with van der Waals surface area (Å²) in [5.74, 6) is 0.139. The van der Waals surface area contributed by atoms with Crippen LogP contribution in [-0.2, 0) is 0 Å². The molecule has 2 N–H and O–H groups in total. The fraction of sp³-hybridized carbons (Fsp3) is 0. The number of hydrogen-bond donors (Lipinski definition) is 2. The van der Waals surface area contributed by atoms with E-state index in [0.29, 0.717) is 0 Å². The quantitative estimate of drug-likeness (QED) is 0.811. The van der Waals surface area contributed by atoms with E-state index in [2.05, 4.69) is 0 Å². The first-order valence-corrected chi connectivity index (χ1v) is 5.41. The van der Waals surface area contributed by atoms with Crippen molar-refractivity contribution in [1.29, 1.82) is 0 Å². The second-order valence-corrected chi connectivity index (χ2v) is 3.95. The molecule has 0 aliphatic carbocycles. The topological polar surface area (TPSA) is 40.5 Å². The highest BCUT2D eigenvalue weighted by Gasteiger charge is 1.95. The lowest BCUT2D eigenvalue weighted by atomic mass is 10.1. The van der Waals surface area contributed by atoms with Gasteiger partial charge in [0.1, 0.15) is 11.5 Å². The Hall–Kier alpha value is -1.74. The van der Waals surface area contributed by atoms with Crippen LogP contribution in [0.3, 0.4) is 0 Å². The van der Waals surface area contributed by atoms with E-state index in [1.165, 1.54) is 6.07 Å². The molecule has 2 rings (SSSR count). The van der Waals surface area contributed by atoms with Crippen LogP contribution in [0.25, 0.3) is 12.2 Å². The lowest BCUT2D eigenvalue weighted by molar-refractivity contribution is 0.450. The van der Waals surface area contributed by atoms with Crippen LogP contribution in [-0.4, -0.2) is 10.2 Å². The van der Waals surface area contributed by atoms with E-state index in [0.717, 1.165) is 11.1 Å². The minimum absolute atomic E-state index is 0.0694. The van der Waals surface area contributed by atoms with Crippen LogP contribution in [0.15, 0.2) is 35.0 Å². The zero-order valence-electron chi connectivity index (χ0n) is 7.92. The Kier molecular flexibility index (Phi) is 2.74. The van der Waals surface area contributed by atoms with E-state index in [4.69, 9.17) is 0 Å². The second-order valence-electron chi connectivity index (χ2n) is 3.17. The number of thiophene rings is 1. The van der Waals surface area contributed by atoms with Gasteiger partial charge in [0.15, 0.2) is 0 Å². The van der Waals surface area contributed by atoms with E-state index < -0.39 is 0 Å². The molecule has 0 amide bonds. The second kappa shape index (κ2) is 4.19. The number of hydrogen-bond acceptors (Lipinski definition) is 3. The van der Waals surface area contributed by atoms with Crippen LogP contribution in [0.1, 0.15) is 11.1 Å². The predicted octanol–water partition coefficient (Wildman–Crippen LogP) is 3.33. The summed E-state index contributed by atoms with van der Waals surface area (Å²) in [4.78, 5) is 0. The molecule has 0 unspecified atom stereocenters. The smallest absolute Gasteiger partial charge is 0.119 e. The minimum Gasteiger partial charge on any atom is -0.508 e. The lowest BCUT2D eigenvalue weighted by Gasteiger charge is -1.97. The van der Waals surface area contributed by atoms with Crippen molar-refractivity contribution in [3.8, 4) is 11.5 Å². The maximum atomic E-state index is 9.26. The summed E-state index contributed by atoms with van der Waals surface area (Å²) < 4.78 is 0. The molecular formula is C12H10O2S. The summed E-state index contributed by atoms with van der Waals surface area (Å²) in [7, 11) is 0. The van der Waals surface area contributed by atoms with Crippen molar-refractivity contribution in [2.75, 3.05) is 0 Å². The molecule has 0 bridgehead atoms. The molecule has 1 heterocycles. The van der Waals surface area contributed by atoms with Gasteiger partial charge in [0.05, 0.1) is 0 Å². The summed E-state index contributed by atoms with van der Waals surface area (Å²) in [6.07, 6.45) is 3.78. The maximum absolute atomic E-state index is 9.26. The van der Waals surface area contributed by atoms with Gasteiger partial charge in [0, 0.05) is 6.07 Å². The molecule has 0 atom stereocenters. The van der Waals surface area contributed by atoms with E-state index in [1.54, 1.807) is 23.5 Å². The van der Waals surface area contributed by atoms with E-state index in [9.17, 15) is 10.2 Å². The van der Waals surface area contributed by atoms with Crippen LogP contribution in [0.4, 0.5) is 0 Å². The Bertz CT molecular complexity index is 452. The maximum Gasteiger partial charge on any atom is 0.119 e. The van der Waals surface area contributed by atoms with Gasteiger partial charge in [-0.1, -0.05) is 12.2 Å². The Morgan fingerprint density at radius 3 is 2.20 bits per heavy atom. The number of benzene rings is 1. The van der Waals surface area contributed by atoms with Crippen LogP contribution >= 0.6 is 11.3 Å². The summed E-state index contributed by atoms with van der Waals surface area (Å²) in [5.41, 5.74) is 1.89. The molecule has 3 heteroatoms. The molecule has 76 valence electrons. The van der Waals surface area contributed by atoms with E-state index >= 15 is 0 Å². The van der Waals surface area contributed by atoms with Crippen molar-refractivity contribution in [2.45, 2.75) is 0 Å². The molecule has 0 saturated carbocycles. The summed E-state index contributed by atoms with van der Waals surface area (Å²) >= 11 is 1.63. The molecule has 1 aromatic carbocycles. The third-order valence-corrected chi connectivity index (χ3v) is 2.64. The standard InChI is InChI=1S/C12H10O2S/c13-11-5-10(6-12(14)7-11)2-1-9-3-4-15-8-9/h1-8,13-14H. The molecular weight excluding hydrogens is 208 g/mol. The average Bonchev–Trinajstić information content (AvgIpc) is 2.65. The molecule has 0 spiro atoms. The number of aromatic hydroxyl groups is 2. The average molecular weight is 218 g/mol. The molecule has 0 aliphatic rings. The third-order valence-electron chi connectivity index (χ3n) is 1.94. The first-order chi connectivity index (χ1) is 7.24. The minimum atomic E-state index is 0.0694. The van der Waals surface area contributed by atoms with Crippen molar-refractivity contribution in [1.82, 2.24) is 0 Å². The highest BCUT2D eigenvalue weighted by Crippen LogP contribution is 2.22. The molecule has 0 aliphatic heterocycles. The van der Waals surface area contributed by atoms with Gasteiger partial charge in [-0.3, -0.25) is 0 Å². The van der Waals surface area contributed by atoms with Crippen molar-refractivity contribution in [2.24, 2.45) is 0 Å². The molecule has 0 radical (unpaired) electrons. The molecule has 0 fully saturated rings. The fourth-order valence-corrected chi connectivity index (χ4v) is 1.91. The first kappa shape index (κ1) is 9.80. The summed E-state index contributed by atoms with van der Waals surface area (Å²) in [6.45, 7) is 0. The van der Waals surface area contributed by atoms with Gasteiger partial charge >= 0.3 is 0 Å². The Morgan fingerprint density at radius 2 is 1.60 bits per heavy atom. The highest BCUT2D eigenvalue weighted by atomic mass is 32.1. The number of phenols is 2. The van der Waals surface area contributed by atoms with Crippen molar-refractivity contribution in [3.05, 3.63) is 46.2 Å². The van der Waals surface area contributed by atoms with Crippen LogP contribution < -0.4 is 0 Å². The van der Waals surface area contributed by atoms with Gasteiger partial charge in [-0.2, -0.15) is 11.3 Å². The predicted molar refractivity (Wildman–Crippen MR) is 63.0 cm³/mol. The van der Waals surface area contributed by atoms with Crippen LogP contribution in [0.2, 0.25) is 0 Å². The third kappa shape index (κ3) is 2.60. The number of rotatable bonds is 2. The van der Waals surface area contributed by atoms with Crippen molar-refractivity contribution in [3.63, 3.8) is 0 Å². The van der Waals surface area contributed by atoms with Crippen LogP contribution in [0, 0.1) is 0 Å². The van der Waals surface area contributed by atoms with E-state index in [-0.39, 0.29) is 11.5 Å². The highest BCUT2D eigenvalue weighted by molar-refractivity contribution is 7.08. The van der Waals surface area contributed by atoms with Crippen molar-refractivity contribution >= 4 is 23.5 Å². The fourth-order valence-electron chi connectivity index (χ4n) is 1.28. The molecule has 1 aromatic heterocycles. The number of phenolic OH excluding ortho intramolecular Hbond substituents is 2. The molecule has 2 aromatic rings. The van der Waals surface area contributed by atoms with Gasteiger partial charge in [0.2, 0.25) is 0 Å². The Labute approximate surface area is 91.8 Å². The SMILES string of the molecule is Oc1cc(O)cc(C=Cc2ccsc2)c1. The monoisotopic (exact) mass is 218 g/mol. The first-order valence-electron chi connectivity index (χ1n) is 4.47. The van der Waals surface area contributed by atoms with Gasteiger partial charge in [-0.25, -0.2) is 0 Å². The van der Waals surface area contributed by atoms with Gasteiger partial charge in [0.25, 0.3) is 0 Å². The normalized spacial score (nSPS) is 10.9. The summed E-state index contributed by atoms with van der Waals surface area (Å²) in [6, 6.07) is 6.51. The molecule has 2 nitrogen and oxygen atoms in total. The van der Waals surface area contributed by atoms with E-state index in [1.807, 2.05) is 29.0 Å². The summed E-state index contributed by atoms with van der Waals surface area (Å²) in [5, 5.41) is 22.5. The zero-order valence-corrected chi connectivity index (χ0v) is 8.74. The molecule has 15 heavy (non-hydrogen) atoms. The Morgan fingerprint density at radius 1 is 0.933 bits per heavy atom. The lowest BCUT2D eigenvalue weighted by Crippen LogP contribution is -1.72. The Balaban J connectivity index is 2.24.